The van der Waals surface area contributed by atoms with Crippen LogP contribution in [-0.4, -0.2) is 65.5 Å². The summed E-state index contributed by atoms with van der Waals surface area (Å²) in [7, 11) is -4.03. The Kier molecular flexibility index (Phi) is 5.78. The van der Waals surface area contributed by atoms with E-state index in [4.69, 9.17) is 0 Å². The molecule has 8 nitrogen and oxygen atoms in total. The Bertz CT molecular complexity index is 1120. The SMILES string of the molecule is C=CCN1[C@H](CO)[C@H](c2ccc(Br)cc2)C12CN(S(=O)(=O)c1ccccc1[N+](=O)[O-])C2. The Hall–Kier alpha value is -2.11. The fraction of sp³-hybridized carbons (Fsp3) is 0.333. The third-order valence-electron chi connectivity index (χ3n) is 6.26. The van der Waals surface area contributed by atoms with Crippen molar-refractivity contribution in [1.29, 1.82) is 0 Å². The van der Waals surface area contributed by atoms with Crippen molar-refractivity contribution in [2.75, 3.05) is 26.2 Å². The molecule has 164 valence electrons. The average Bonchev–Trinajstić information content (AvgIpc) is 2.71. The highest BCUT2D eigenvalue weighted by atomic mass is 79.9. The van der Waals surface area contributed by atoms with Gasteiger partial charge in [0.2, 0.25) is 10.0 Å². The van der Waals surface area contributed by atoms with Crippen molar-refractivity contribution in [1.82, 2.24) is 9.21 Å². The Morgan fingerprint density at radius 1 is 1.23 bits per heavy atom. The lowest BCUT2D eigenvalue weighted by Crippen LogP contribution is -2.84. The summed E-state index contributed by atoms with van der Waals surface area (Å²) in [5, 5.41) is 21.4. The Morgan fingerprint density at radius 3 is 2.45 bits per heavy atom. The molecular formula is C21H22BrN3O5S. The third-order valence-corrected chi connectivity index (χ3v) is 8.63. The van der Waals surface area contributed by atoms with E-state index >= 15 is 0 Å². The molecule has 0 radical (unpaired) electrons. The van der Waals surface area contributed by atoms with E-state index in [-0.39, 0.29) is 36.6 Å². The van der Waals surface area contributed by atoms with Gasteiger partial charge in [-0.3, -0.25) is 15.0 Å². The van der Waals surface area contributed by atoms with Crippen LogP contribution in [0.2, 0.25) is 0 Å². The van der Waals surface area contributed by atoms with E-state index in [1.807, 2.05) is 24.3 Å². The minimum atomic E-state index is -4.03. The summed E-state index contributed by atoms with van der Waals surface area (Å²) in [6, 6.07) is 13.0. The maximum atomic E-state index is 13.2. The average molecular weight is 508 g/mol. The van der Waals surface area contributed by atoms with E-state index < -0.39 is 26.2 Å². The number of nitro groups is 1. The number of likely N-dealkylation sites (tertiary alicyclic amines) is 1. The highest BCUT2D eigenvalue weighted by Crippen LogP contribution is 2.54. The first kappa shape index (κ1) is 22.1. The molecule has 4 rings (SSSR count). The van der Waals surface area contributed by atoms with Crippen LogP contribution in [0, 0.1) is 10.1 Å². The number of para-hydroxylation sites is 1. The number of rotatable bonds is 7. The van der Waals surface area contributed by atoms with Gasteiger partial charge in [0.25, 0.3) is 5.69 Å². The number of nitrogens with zero attached hydrogens (tertiary/aromatic N) is 3. The van der Waals surface area contributed by atoms with E-state index in [9.17, 15) is 23.6 Å². The van der Waals surface area contributed by atoms with Crippen LogP contribution < -0.4 is 0 Å². The zero-order valence-corrected chi connectivity index (χ0v) is 19.0. The molecule has 0 unspecified atom stereocenters. The molecule has 1 N–H and O–H groups in total. The standard InChI is InChI=1S/C21H22BrN3O5S/c1-2-11-24-18(12-26)20(15-7-9-16(22)10-8-15)21(24)13-23(14-21)31(29,30)19-6-4-3-5-17(19)25(27)28/h2-10,18,20,26H,1,11-14H2/t18-,20+/m1/s1. The van der Waals surface area contributed by atoms with E-state index in [1.54, 1.807) is 6.08 Å². The summed E-state index contributed by atoms with van der Waals surface area (Å²) in [5.74, 6) is -0.0669. The molecule has 1 spiro atoms. The fourth-order valence-electron chi connectivity index (χ4n) is 4.91. The van der Waals surface area contributed by atoms with E-state index in [2.05, 4.69) is 27.4 Å². The first-order valence-corrected chi connectivity index (χ1v) is 12.0. The Morgan fingerprint density at radius 2 is 1.87 bits per heavy atom. The minimum absolute atomic E-state index is 0.0623. The lowest BCUT2D eigenvalue weighted by molar-refractivity contribution is -0.387. The highest BCUT2D eigenvalue weighted by molar-refractivity contribution is 9.10. The number of nitro benzene ring substituents is 1. The van der Waals surface area contributed by atoms with Gasteiger partial charge in [0, 0.05) is 42.1 Å². The van der Waals surface area contributed by atoms with Gasteiger partial charge in [-0.25, -0.2) is 8.42 Å². The molecule has 0 bridgehead atoms. The third kappa shape index (κ3) is 3.42. The summed E-state index contributed by atoms with van der Waals surface area (Å²) in [6.45, 7) is 4.62. The van der Waals surface area contributed by atoms with Gasteiger partial charge in [0.15, 0.2) is 4.90 Å². The van der Waals surface area contributed by atoms with Gasteiger partial charge in [-0.2, -0.15) is 4.31 Å². The van der Waals surface area contributed by atoms with Crippen molar-refractivity contribution in [3.63, 3.8) is 0 Å². The van der Waals surface area contributed by atoms with Crippen molar-refractivity contribution in [3.05, 3.63) is 81.3 Å². The van der Waals surface area contributed by atoms with Crippen LogP contribution in [0.15, 0.2) is 70.6 Å². The highest BCUT2D eigenvalue weighted by Gasteiger charge is 2.67. The van der Waals surface area contributed by atoms with Crippen molar-refractivity contribution in [2.45, 2.75) is 22.4 Å². The summed E-state index contributed by atoms with van der Waals surface area (Å²) >= 11 is 3.43. The molecule has 0 saturated carbocycles. The van der Waals surface area contributed by atoms with E-state index in [0.29, 0.717) is 6.54 Å². The zero-order chi connectivity index (χ0) is 22.4. The second-order valence-electron chi connectivity index (χ2n) is 7.82. The van der Waals surface area contributed by atoms with Crippen LogP contribution in [0.4, 0.5) is 5.69 Å². The first-order valence-electron chi connectivity index (χ1n) is 9.74. The van der Waals surface area contributed by atoms with Gasteiger partial charge in [-0.15, -0.1) is 6.58 Å². The molecule has 0 amide bonds. The van der Waals surface area contributed by atoms with Gasteiger partial charge < -0.3 is 5.11 Å². The van der Waals surface area contributed by atoms with Gasteiger partial charge >= 0.3 is 0 Å². The van der Waals surface area contributed by atoms with Crippen LogP contribution in [0.1, 0.15) is 11.5 Å². The summed E-state index contributed by atoms with van der Waals surface area (Å²) in [5.41, 5.74) is 0.0921. The van der Waals surface area contributed by atoms with Crippen molar-refractivity contribution in [3.8, 4) is 0 Å². The molecule has 2 heterocycles. The molecule has 2 aromatic carbocycles. The Labute approximate surface area is 189 Å². The number of aliphatic hydroxyl groups is 1. The van der Waals surface area contributed by atoms with Crippen molar-refractivity contribution in [2.24, 2.45) is 0 Å². The molecular weight excluding hydrogens is 486 g/mol. The number of halogens is 1. The van der Waals surface area contributed by atoms with E-state index in [1.165, 1.54) is 28.6 Å². The number of hydrogen-bond acceptors (Lipinski definition) is 6. The van der Waals surface area contributed by atoms with Gasteiger partial charge in [-0.1, -0.05) is 46.3 Å². The van der Waals surface area contributed by atoms with Crippen LogP contribution in [0.5, 0.6) is 0 Å². The number of aliphatic hydroxyl groups excluding tert-OH is 1. The van der Waals surface area contributed by atoms with Gasteiger partial charge in [-0.05, 0) is 23.8 Å². The molecule has 2 fully saturated rings. The second kappa shape index (κ2) is 8.10. The second-order valence-corrected chi connectivity index (χ2v) is 10.6. The molecule has 0 aromatic heterocycles. The smallest absolute Gasteiger partial charge is 0.289 e. The van der Waals surface area contributed by atoms with Crippen LogP contribution in [0.25, 0.3) is 0 Å². The monoisotopic (exact) mass is 507 g/mol. The maximum absolute atomic E-state index is 13.2. The van der Waals surface area contributed by atoms with Crippen LogP contribution in [0.3, 0.4) is 0 Å². The number of sulfonamides is 1. The van der Waals surface area contributed by atoms with Crippen molar-refractivity contribution < 1.29 is 18.4 Å². The molecule has 2 aromatic rings. The normalized spacial score (nSPS) is 23.2. The fourth-order valence-corrected chi connectivity index (χ4v) is 6.89. The predicted molar refractivity (Wildman–Crippen MR) is 119 cm³/mol. The molecule has 10 heteroatoms. The Balaban J connectivity index is 1.67. The molecule has 2 saturated heterocycles. The zero-order valence-electron chi connectivity index (χ0n) is 16.6. The summed E-state index contributed by atoms with van der Waals surface area (Å²) in [6.07, 6.45) is 1.74. The van der Waals surface area contributed by atoms with E-state index in [0.717, 1.165) is 10.0 Å². The largest absolute Gasteiger partial charge is 0.395 e. The minimum Gasteiger partial charge on any atom is -0.395 e. The molecule has 0 aliphatic carbocycles. The lowest BCUT2D eigenvalue weighted by Gasteiger charge is -2.70. The quantitative estimate of drug-likeness (QED) is 0.351. The van der Waals surface area contributed by atoms with Crippen molar-refractivity contribution >= 4 is 31.6 Å². The van der Waals surface area contributed by atoms with Gasteiger partial charge in [0.1, 0.15) is 0 Å². The molecule has 31 heavy (non-hydrogen) atoms. The molecule has 2 aliphatic heterocycles. The van der Waals surface area contributed by atoms with Crippen LogP contribution in [-0.2, 0) is 10.0 Å². The predicted octanol–water partition coefficient (Wildman–Crippen LogP) is 2.75. The lowest BCUT2D eigenvalue weighted by atomic mass is 9.61. The molecule has 2 atom stereocenters. The molecule has 2 aliphatic rings. The number of benzene rings is 2. The number of hydrogen-bond donors (Lipinski definition) is 1. The maximum Gasteiger partial charge on any atom is 0.289 e. The van der Waals surface area contributed by atoms with Crippen LogP contribution >= 0.6 is 15.9 Å². The topological polar surface area (TPSA) is 104 Å². The summed E-state index contributed by atoms with van der Waals surface area (Å²) in [4.78, 5) is 12.4. The first-order chi connectivity index (χ1) is 14.8. The van der Waals surface area contributed by atoms with Gasteiger partial charge in [0.05, 0.1) is 17.1 Å². The summed E-state index contributed by atoms with van der Waals surface area (Å²) < 4.78 is 28.6.